The predicted octanol–water partition coefficient (Wildman–Crippen LogP) is 1.71. The molecule has 0 aliphatic carbocycles. The molecule has 15 heavy (non-hydrogen) atoms. The molecule has 78 valence electrons. The summed E-state index contributed by atoms with van der Waals surface area (Å²) < 4.78 is 10.7. The smallest absolute Gasteiger partial charge is 0.146 e. The van der Waals surface area contributed by atoms with Crippen molar-refractivity contribution >= 4 is 0 Å². The van der Waals surface area contributed by atoms with Crippen LogP contribution in [0.1, 0.15) is 11.3 Å². The molecular weight excluding hydrogens is 192 g/mol. The monoisotopic (exact) mass is 204 g/mol. The number of nitrogens with zero attached hydrogens (tertiary/aromatic N) is 1. The Bertz CT molecular complexity index is 412. The standard InChI is InChI=1S/C11H12N2O2/c12-6-9-3-4-13-7-11(9)15-8-10-2-1-5-14-10/h1-5,7H,6,8,12H2. The Kier molecular flexibility index (Phi) is 2.99. The van der Waals surface area contributed by atoms with Crippen molar-refractivity contribution in [1.82, 2.24) is 4.98 Å². The average Bonchev–Trinajstić information content (AvgIpc) is 2.79. The van der Waals surface area contributed by atoms with Crippen LogP contribution in [-0.2, 0) is 13.2 Å². The third-order valence-corrected chi connectivity index (χ3v) is 2.04. The van der Waals surface area contributed by atoms with Gasteiger partial charge in [-0.15, -0.1) is 0 Å². The van der Waals surface area contributed by atoms with Crippen LogP contribution in [0.15, 0.2) is 41.3 Å². The van der Waals surface area contributed by atoms with E-state index in [4.69, 9.17) is 14.9 Å². The zero-order valence-electron chi connectivity index (χ0n) is 8.22. The molecule has 0 spiro atoms. The van der Waals surface area contributed by atoms with E-state index in [1.54, 1.807) is 18.7 Å². The summed E-state index contributed by atoms with van der Waals surface area (Å²) in [5, 5.41) is 0. The first-order valence-corrected chi connectivity index (χ1v) is 4.68. The minimum Gasteiger partial charge on any atom is -0.484 e. The van der Waals surface area contributed by atoms with Crippen LogP contribution in [0.25, 0.3) is 0 Å². The maximum absolute atomic E-state index is 5.57. The van der Waals surface area contributed by atoms with Gasteiger partial charge in [-0.3, -0.25) is 4.98 Å². The van der Waals surface area contributed by atoms with E-state index >= 15 is 0 Å². The van der Waals surface area contributed by atoms with E-state index in [9.17, 15) is 0 Å². The summed E-state index contributed by atoms with van der Waals surface area (Å²) in [6, 6.07) is 5.53. The Balaban J connectivity index is 2.04. The van der Waals surface area contributed by atoms with Gasteiger partial charge in [0, 0.05) is 18.3 Å². The van der Waals surface area contributed by atoms with Crippen molar-refractivity contribution in [2.75, 3.05) is 0 Å². The normalized spacial score (nSPS) is 10.2. The van der Waals surface area contributed by atoms with Crippen LogP contribution in [0.2, 0.25) is 0 Å². The highest BCUT2D eigenvalue weighted by Gasteiger charge is 2.02. The molecule has 0 radical (unpaired) electrons. The largest absolute Gasteiger partial charge is 0.484 e. The van der Waals surface area contributed by atoms with Crippen molar-refractivity contribution < 1.29 is 9.15 Å². The molecule has 2 aromatic rings. The molecule has 0 aliphatic heterocycles. The highest BCUT2D eigenvalue weighted by molar-refractivity contribution is 5.29. The second kappa shape index (κ2) is 4.61. The fourth-order valence-electron chi connectivity index (χ4n) is 1.25. The molecule has 4 heteroatoms. The topological polar surface area (TPSA) is 61.3 Å². The van der Waals surface area contributed by atoms with Crippen LogP contribution in [0, 0.1) is 0 Å². The Morgan fingerprint density at radius 1 is 1.40 bits per heavy atom. The number of hydrogen-bond acceptors (Lipinski definition) is 4. The van der Waals surface area contributed by atoms with Gasteiger partial charge in [0.1, 0.15) is 18.1 Å². The molecule has 2 heterocycles. The van der Waals surface area contributed by atoms with Gasteiger partial charge in [0.05, 0.1) is 12.5 Å². The van der Waals surface area contributed by atoms with Gasteiger partial charge in [0.2, 0.25) is 0 Å². The second-order valence-electron chi connectivity index (χ2n) is 3.06. The third kappa shape index (κ3) is 2.35. The summed E-state index contributed by atoms with van der Waals surface area (Å²) in [7, 11) is 0. The molecule has 0 saturated heterocycles. The Morgan fingerprint density at radius 2 is 2.33 bits per heavy atom. The lowest BCUT2D eigenvalue weighted by molar-refractivity contribution is 0.267. The van der Waals surface area contributed by atoms with Crippen LogP contribution >= 0.6 is 0 Å². The first-order chi connectivity index (χ1) is 7.40. The first kappa shape index (κ1) is 9.73. The Hall–Kier alpha value is -1.81. The molecule has 4 nitrogen and oxygen atoms in total. The molecule has 0 unspecified atom stereocenters. The number of ether oxygens (including phenoxy) is 1. The van der Waals surface area contributed by atoms with Gasteiger partial charge in [0.15, 0.2) is 0 Å². The zero-order valence-corrected chi connectivity index (χ0v) is 8.22. The molecule has 0 atom stereocenters. The van der Waals surface area contributed by atoms with Gasteiger partial charge in [-0.05, 0) is 18.2 Å². The van der Waals surface area contributed by atoms with Crippen molar-refractivity contribution in [3.05, 3.63) is 48.2 Å². The Labute approximate surface area is 87.7 Å². The molecule has 2 rings (SSSR count). The minimum atomic E-state index is 0.395. The lowest BCUT2D eigenvalue weighted by Gasteiger charge is -2.07. The van der Waals surface area contributed by atoms with Crippen molar-refractivity contribution in [3.63, 3.8) is 0 Å². The molecular formula is C11H12N2O2. The predicted molar refractivity (Wildman–Crippen MR) is 55.2 cm³/mol. The van der Waals surface area contributed by atoms with Crippen molar-refractivity contribution in [2.24, 2.45) is 5.73 Å². The fourth-order valence-corrected chi connectivity index (χ4v) is 1.25. The fraction of sp³-hybridized carbons (Fsp3) is 0.182. The van der Waals surface area contributed by atoms with Crippen molar-refractivity contribution in [1.29, 1.82) is 0 Å². The summed E-state index contributed by atoms with van der Waals surface area (Å²) in [6.45, 7) is 0.835. The van der Waals surface area contributed by atoms with E-state index in [0.29, 0.717) is 18.9 Å². The van der Waals surface area contributed by atoms with Gasteiger partial charge in [0.25, 0.3) is 0 Å². The highest BCUT2D eigenvalue weighted by Crippen LogP contribution is 2.17. The number of rotatable bonds is 4. The second-order valence-corrected chi connectivity index (χ2v) is 3.06. The average molecular weight is 204 g/mol. The van der Waals surface area contributed by atoms with E-state index in [1.807, 2.05) is 18.2 Å². The molecule has 2 N–H and O–H groups in total. The molecule has 0 amide bonds. The summed E-state index contributed by atoms with van der Waals surface area (Å²) in [5.41, 5.74) is 6.51. The number of hydrogen-bond donors (Lipinski definition) is 1. The van der Waals surface area contributed by atoms with Crippen LogP contribution in [-0.4, -0.2) is 4.98 Å². The molecule has 0 aromatic carbocycles. The lowest BCUT2D eigenvalue weighted by Crippen LogP contribution is -2.02. The molecule has 0 saturated carbocycles. The highest BCUT2D eigenvalue weighted by atomic mass is 16.5. The van der Waals surface area contributed by atoms with Gasteiger partial charge >= 0.3 is 0 Å². The Morgan fingerprint density at radius 3 is 3.07 bits per heavy atom. The van der Waals surface area contributed by atoms with Gasteiger partial charge in [-0.2, -0.15) is 0 Å². The van der Waals surface area contributed by atoms with Crippen molar-refractivity contribution in [3.8, 4) is 5.75 Å². The molecule has 0 fully saturated rings. The maximum atomic E-state index is 5.57. The van der Waals surface area contributed by atoms with Crippen LogP contribution in [0.5, 0.6) is 5.75 Å². The summed E-state index contributed by atoms with van der Waals surface area (Å²) in [5.74, 6) is 1.48. The number of pyridine rings is 1. The molecule has 0 aliphatic rings. The lowest BCUT2D eigenvalue weighted by atomic mass is 10.2. The minimum absolute atomic E-state index is 0.395. The van der Waals surface area contributed by atoms with E-state index in [-0.39, 0.29) is 0 Å². The van der Waals surface area contributed by atoms with Crippen molar-refractivity contribution in [2.45, 2.75) is 13.2 Å². The summed E-state index contributed by atoms with van der Waals surface area (Å²) in [4.78, 5) is 3.98. The van der Waals surface area contributed by atoms with E-state index in [0.717, 1.165) is 11.3 Å². The van der Waals surface area contributed by atoms with Crippen LogP contribution < -0.4 is 10.5 Å². The van der Waals surface area contributed by atoms with E-state index in [2.05, 4.69) is 4.98 Å². The number of aromatic nitrogens is 1. The number of furan rings is 1. The SMILES string of the molecule is NCc1ccncc1OCc1ccco1. The summed E-state index contributed by atoms with van der Waals surface area (Å²) >= 11 is 0. The molecule has 2 aromatic heterocycles. The maximum Gasteiger partial charge on any atom is 0.146 e. The molecule has 0 bridgehead atoms. The summed E-state index contributed by atoms with van der Waals surface area (Å²) in [6.07, 6.45) is 4.97. The van der Waals surface area contributed by atoms with Crippen LogP contribution in [0.3, 0.4) is 0 Å². The van der Waals surface area contributed by atoms with Gasteiger partial charge in [-0.1, -0.05) is 0 Å². The third-order valence-electron chi connectivity index (χ3n) is 2.04. The quantitative estimate of drug-likeness (QED) is 0.823. The van der Waals surface area contributed by atoms with Gasteiger partial charge in [-0.25, -0.2) is 0 Å². The van der Waals surface area contributed by atoms with E-state index < -0.39 is 0 Å². The van der Waals surface area contributed by atoms with E-state index in [1.165, 1.54) is 0 Å². The van der Waals surface area contributed by atoms with Gasteiger partial charge < -0.3 is 14.9 Å². The van der Waals surface area contributed by atoms with Crippen LogP contribution in [0.4, 0.5) is 0 Å². The first-order valence-electron chi connectivity index (χ1n) is 4.68. The number of nitrogens with two attached hydrogens (primary N) is 1. The zero-order chi connectivity index (χ0) is 10.5.